The number of aryl methyl sites for hydroxylation is 2. The fourth-order valence-corrected chi connectivity index (χ4v) is 5.13. The first-order chi connectivity index (χ1) is 10.1. The highest BCUT2D eigenvalue weighted by Crippen LogP contribution is 2.31. The monoisotopic (exact) mass is 328 g/mol. The largest absolute Gasteiger partial charge is 0.301 e. The van der Waals surface area contributed by atoms with E-state index < -0.39 is 10.0 Å². The third kappa shape index (κ3) is 3.07. The van der Waals surface area contributed by atoms with E-state index in [2.05, 4.69) is 35.5 Å². The fraction of sp³-hybridized carbons (Fsp3) is 0.800. The molecule has 0 spiro atoms. The second-order valence-corrected chi connectivity index (χ2v) is 8.46. The van der Waals surface area contributed by atoms with Crippen LogP contribution in [0, 0.1) is 19.3 Å². The van der Waals surface area contributed by atoms with Crippen LogP contribution < -0.4 is 4.72 Å². The van der Waals surface area contributed by atoms with Gasteiger partial charge in [-0.2, -0.15) is 5.10 Å². The molecular weight excluding hydrogens is 300 g/mol. The Balaban J connectivity index is 2.31. The molecule has 1 fully saturated rings. The SMILES string of the molecule is CCN1CC(NS(=O)(=O)c2c(C)nn(CC)c2C)C(C)(C)C1. The van der Waals surface area contributed by atoms with Crippen LogP contribution in [0.5, 0.6) is 0 Å². The minimum Gasteiger partial charge on any atom is -0.301 e. The van der Waals surface area contributed by atoms with Gasteiger partial charge < -0.3 is 4.90 Å². The van der Waals surface area contributed by atoms with Gasteiger partial charge in [0.25, 0.3) is 0 Å². The van der Waals surface area contributed by atoms with Gasteiger partial charge in [0.2, 0.25) is 10.0 Å². The number of sulfonamides is 1. The molecule has 0 radical (unpaired) electrons. The molecule has 0 aliphatic carbocycles. The highest BCUT2D eigenvalue weighted by atomic mass is 32.2. The summed E-state index contributed by atoms with van der Waals surface area (Å²) in [4.78, 5) is 2.61. The van der Waals surface area contributed by atoms with E-state index in [1.165, 1.54) is 0 Å². The maximum Gasteiger partial charge on any atom is 0.244 e. The predicted molar refractivity (Wildman–Crippen MR) is 87.4 cm³/mol. The summed E-state index contributed by atoms with van der Waals surface area (Å²) in [5.41, 5.74) is 1.19. The average Bonchev–Trinajstić information content (AvgIpc) is 2.86. The first kappa shape index (κ1) is 17.4. The second kappa shape index (κ2) is 5.94. The lowest BCUT2D eigenvalue weighted by Crippen LogP contribution is -2.44. The molecule has 1 aromatic heterocycles. The summed E-state index contributed by atoms with van der Waals surface area (Å²) >= 11 is 0. The van der Waals surface area contributed by atoms with Crippen molar-refractivity contribution in [1.29, 1.82) is 0 Å². The number of aromatic nitrogens is 2. The minimum atomic E-state index is -3.56. The highest BCUT2D eigenvalue weighted by Gasteiger charge is 2.41. The standard InChI is InChI=1S/C15H28N4O2S/c1-7-18-9-13(15(5,6)10-18)17-22(20,21)14-11(3)16-19(8-2)12(14)4/h13,17H,7-10H2,1-6H3. The molecule has 1 aliphatic rings. The van der Waals surface area contributed by atoms with Gasteiger partial charge in [-0.3, -0.25) is 4.68 Å². The van der Waals surface area contributed by atoms with Crippen LogP contribution in [0.1, 0.15) is 39.1 Å². The molecule has 0 saturated carbocycles. The molecule has 7 heteroatoms. The molecule has 1 unspecified atom stereocenters. The summed E-state index contributed by atoms with van der Waals surface area (Å²) in [7, 11) is -3.56. The molecule has 1 saturated heterocycles. The van der Waals surface area contributed by atoms with Gasteiger partial charge >= 0.3 is 0 Å². The van der Waals surface area contributed by atoms with Gasteiger partial charge in [-0.05, 0) is 32.7 Å². The quantitative estimate of drug-likeness (QED) is 0.890. The molecule has 0 aromatic carbocycles. The smallest absolute Gasteiger partial charge is 0.244 e. The van der Waals surface area contributed by atoms with Crippen LogP contribution in [0.15, 0.2) is 4.90 Å². The first-order valence-electron chi connectivity index (χ1n) is 7.91. The Morgan fingerprint density at radius 2 is 1.91 bits per heavy atom. The molecule has 0 bridgehead atoms. The van der Waals surface area contributed by atoms with E-state index in [1.807, 2.05) is 13.8 Å². The van der Waals surface area contributed by atoms with E-state index in [0.29, 0.717) is 22.8 Å². The Hall–Kier alpha value is -0.920. The van der Waals surface area contributed by atoms with Crippen LogP contribution in [0.25, 0.3) is 0 Å². The second-order valence-electron chi connectivity index (χ2n) is 6.81. The fourth-order valence-electron chi connectivity index (χ4n) is 3.32. The zero-order chi connectivity index (χ0) is 16.7. The number of likely N-dealkylation sites (tertiary alicyclic amines) is 1. The van der Waals surface area contributed by atoms with Crippen LogP contribution in [-0.2, 0) is 16.6 Å². The Morgan fingerprint density at radius 1 is 1.27 bits per heavy atom. The van der Waals surface area contributed by atoms with E-state index >= 15 is 0 Å². The van der Waals surface area contributed by atoms with Crippen molar-refractivity contribution < 1.29 is 8.42 Å². The summed E-state index contributed by atoms with van der Waals surface area (Å²) in [6.07, 6.45) is 0. The van der Waals surface area contributed by atoms with Gasteiger partial charge in [-0.25, -0.2) is 13.1 Å². The predicted octanol–water partition coefficient (Wildman–Crippen LogP) is 1.53. The normalized spacial score (nSPS) is 22.4. The van der Waals surface area contributed by atoms with Gasteiger partial charge in [0, 0.05) is 25.7 Å². The van der Waals surface area contributed by atoms with Gasteiger partial charge in [0.15, 0.2) is 0 Å². The van der Waals surface area contributed by atoms with Crippen molar-refractivity contribution in [2.24, 2.45) is 5.41 Å². The third-order valence-corrected chi connectivity index (χ3v) is 6.37. The molecule has 2 rings (SSSR count). The van der Waals surface area contributed by atoms with E-state index in [4.69, 9.17) is 0 Å². The lowest BCUT2D eigenvalue weighted by Gasteiger charge is -2.26. The van der Waals surface area contributed by atoms with Crippen molar-refractivity contribution in [3.63, 3.8) is 0 Å². The maximum atomic E-state index is 12.9. The molecule has 1 atom stereocenters. The summed E-state index contributed by atoms with van der Waals surface area (Å²) < 4.78 is 30.4. The van der Waals surface area contributed by atoms with Gasteiger partial charge in [0.1, 0.15) is 4.90 Å². The lowest BCUT2D eigenvalue weighted by molar-refractivity contribution is 0.295. The van der Waals surface area contributed by atoms with Crippen LogP contribution in [-0.4, -0.2) is 48.8 Å². The summed E-state index contributed by atoms with van der Waals surface area (Å²) in [5.74, 6) is 0. The zero-order valence-corrected chi connectivity index (χ0v) is 15.3. The van der Waals surface area contributed by atoms with E-state index in [-0.39, 0.29) is 11.5 Å². The molecule has 2 heterocycles. The molecule has 1 N–H and O–H groups in total. The molecule has 1 aromatic rings. The first-order valence-corrected chi connectivity index (χ1v) is 9.39. The van der Waals surface area contributed by atoms with Crippen LogP contribution in [0.3, 0.4) is 0 Å². The van der Waals surface area contributed by atoms with Crippen molar-refractivity contribution in [1.82, 2.24) is 19.4 Å². The van der Waals surface area contributed by atoms with E-state index in [9.17, 15) is 8.42 Å². The molecule has 6 nitrogen and oxygen atoms in total. The Bertz CT molecular complexity index is 649. The average molecular weight is 328 g/mol. The minimum absolute atomic E-state index is 0.0777. The van der Waals surface area contributed by atoms with Crippen LogP contribution in [0.4, 0.5) is 0 Å². The number of hydrogen-bond acceptors (Lipinski definition) is 4. The Labute approximate surface area is 133 Å². The zero-order valence-electron chi connectivity index (χ0n) is 14.5. The van der Waals surface area contributed by atoms with Crippen LogP contribution in [0.2, 0.25) is 0 Å². The molecule has 126 valence electrons. The summed E-state index contributed by atoms with van der Waals surface area (Å²) in [5, 5.41) is 4.32. The van der Waals surface area contributed by atoms with Gasteiger partial charge in [0.05, 0.1) is 11.4 Å². The third-order valence-electron chi connectivity index (χ3n) is 4.64. The van der Waals surface area contributed by atoms with Gasteiger partial charge in [-0.15, -0.1) is 0 Å². The van der Waals surface area contributed by atoms with E-state index in [0.717, 1.165) is 19.6 Å². The van der Waals surface area contributed by atoms with Crippen molar-refractivity contribution in [2.75, 3.05) is 19.6 Å². The van der Waals surface area contributed by atoms with Crippen molar-refractivity contribution in [2.45, 2.75) is 59.0 Å². The number of rotatable bonds is 5. The number of nitrogens with zero attached hydrogens (tertiary/aromatic N) is 3. The summed E-state index contributed by atoms with van der Waals surface area (Å²) in [6, 6.07) is -0.0822. The Morgan fingerprint density at radius 3 is 2.36 bits per heavy atom. The van der Waals surface area contributed by atoms with Crippen molar-refractivity contribution in [3.8, 4) is 0 Å². The number of hydrogen-bond donors (Lipinski definition) is 1. The maximum absolute atomic E-state index is 12.9. The molecule has 0 amide bonds. The molecular formula is C15H28N4O2S. The highest BCUT2D eigenvalue weighted by molar-refractivity contribution is 7.89. The van der Waals surface area contributed by atoms with Crippen molar-refractivity contribution >= 4 is 10.0 Å². The number of likely N-dealkylation sites (N-methyl/N-ethyl adjacent to an activating group) is 1. The molecule has 22 heavy (non-hydrogen) atoms. The lowest BCUT2D eigenvalue weighted by atomic mass is 9.89. The van der Waals surface area contributed by atoms with Crippen molar-refractivity contribution in [3.05, 3.63) is 11.4 Å². The number of nitrogens with one attached hydrogen (secondary N) is 1. The Kier molecular flexibility index (Phi) is 4.71. The molecule has 1 aliphatic heterocycles. The van der Waals surface area contributed by atoms with E-state index in [1.54, 1.807) is 11.6 Å². The summed E-state index contributed by atoms with van der Waals surface area (Å²) in [6.45, 7) is 15.1. The van der Waals surface area contributed by atoms with Crippen LogP contribution >= 0.6 is 0 Å². The topological polar surface area (TPSA) is 67.2 Å². The van der Waals surface area contributed by atoms with Gasteiger partial charge in [-0.1, -0.05) is 20.8 Å².